The van der Waals surface area contributed by atoms with Crippen molar-refractivity contribution in [2.45, 2.75) is 76.3 Å². The van der Waals surface area contributed by atoms with E-state index in [9.17, 15) is 0 Å². The van der Waals surface area contributed by atoms with Gasteiger partial charge in [0.1, 0.15) is 11.6 Å². The Morgan fingerprint density at radius 3 is 1.53 bits per heavy atom. The molecule has 0 bridgehead atoms. The van der Waals surface area contributed by atoms with E-state index < -0.39 is 0 Å². The lowest BCUT2D eigenvalue weighted by atomic mass is 9.74. The molecular weight excluding hydrogens is 396 g/mol. The summed E-state index contributed by atoms with van der Waals surface area (Å²) in [7, 11) is 0. The fourth-order valence-corrected chi connectivity index (χ4v) is 6.24. The molecule has 4 N–H and O–H groups in total. The number of imidazole rings is 2. The molecule has 2 fully saturated rings. The molecule has 32 heavy (non-hydrogen) atoms. The summed E-state index contributed by atoms with van der Waals surface area (Å²) in [6, 6.07) is 0.841. The van der Waals surface area contributed by atoms with Crippen molar-refractivity contribution in [2.75, 3.05) is 13.1 Å². The van der Waals surface area contributed by atoms with Crippen LogP contribution in [0.4, 0.5) is 0 Å². The zero-order valence-electron chi connectivity index (χ0n) is 19.0. The molecule has 6 nitrogen and oxygen atoms in total. The van der Waals surface area contributed by atoms with Gasteiger partial charge in [-0.2, -0.15) is 0 Å². The normalized spacial score (nSPS) is 31.0. The van der Waals surface area contributed by atoms with E-state index in [-0.39, 0.29) is 0 Å². The lowest BCUT2D eigenvalue weighted by molar-refractivity contribution is 0.292. The molecule has 4 atom stereocenters. The minimum absolute atomic E-state index is 0.421. The van der Waals surface area contributed by atoms with Crippen molar-refractivity contribution < 1.29 is 0 Å². The van der Waals surface area contributed by atoms with Crippen LogP contribution in [0.2, 0.25) is 0 Å². The summed E-state index contributed by atoms with van der Waals surface area (Å²) in [5.41, 5.74) is 5.42. The Kier molecular flexibility index (Phi) is 5.74. The second-order valence-corrected chi connectivity index (χ2v) is 10.2. The minimum atomic E-state index is 0.421. The average Bonchev–Trinajstić information content (AvgIpc) is 3.66. The maximum atomic E-state index is 4.67. The quantitative estimate of drug-likeness (QED) is 0.533. The smallest absolute Gasteiger partial charge is 0.123 e. The first-order valence-electron chi connectivity index (χ1n) is 12.8. The minimum Gasteiger partial charge on any atom is -0.341 e. The second kappa shape index (κ2) is 8.99. The SMILES string of the molecule is C1=C(c2cnc([C@@H]3CCCN3)[nH]2)CCC(C2CC=C(c3cnc([C@@H]4CCCN4)[nH]3)CC2)C1. The number of rotatable bonds is 5. The van der Waals surface area contributed by atoms with Gasteiger partial charge in [-0.05, 0) is 100 Å². The lowest BCUT2D eigenvalue weighted by Gasteiger charge is -2.32. The van der Waals surface area contributed by atoms with Crippen molar-refractivity contribution in [2.24, 2.45) is 11.8 Å². The van der Waals surface area contributed by atoms with Crippen LogP contribution in [0.5, 0.6) is 0 Å². The lowest BCUT2D eigenvalue weighted by Crippen LogP contribution is -2.19. The molecular formula is C26H36N6. The van der Waals surface area contributed by atoms with Gasteiger partial charge in [0.2, 0.25) is 0 Å². The van der Waals surface area contributed by atoms with Crippen molar-refractivity contribution in [1.82, 2.24) is 30.6 Å². The molecule has 2 aliphatic heterocycles. The van der Waals surface area contributed by atoms with Crippen molar-refractivity contribution in [1.29, 1.82) is 0 Å². The Hall–Kier alpha value is -2.18. The van der Waals surface area contributed by atoms with Crippen LogP contribution >= 0.6 is 0 Å². The molecule has 0 amide bonds. The molecule has 0 spiro atoms. The fourth-order valence-electron chi connectivity index (χ4n) is 6.24. The van der Waals surface area contributed by atoms with Crippen molar-refractivity contribution in [3.05, 3.63) is 47.6 Å². The third-order valence-electron chi connectivity index (χ3n) is 8.23. The van der Waals surface area contributed by atoms with Crippen LogP contribution in [-0.2, 0) is 0 Å². The van der Waals surface area contributed by atoms with Gasteiger partial charge in [0.15, 0.2) is 0 Å². The number of H-pyrrole nitrogens is 2. The first-order valence-corrected chi connectivity index (χ1v) is 12.8. The van der Waals surface area contributed by atoms with E-state index in [4.69, 9.17) is 0 Å². The monoisotopic (exact) mass is 432 g/mol. The third kappa shape index (κ3) is 4.11. The Balaban J connectivity index is 1.05. The van der Waals surface area contributed by atoms with Crippen LogP contribution in [-0.4, -0.2) is 33.0 Å². The van der Waals surface area contributed by atoms with Gasteiger partial charge < -0.3 is 20.6 Å². The molecule has 4 heterocycles. The Labute approximate surface area is 190 Å². The topological polar surface area (TPSA) is 81.4 Å². The summed E-state index contributed by atoms with van der Waals surface area (Å²) in [6.07, 6.45) is 21.4. The number of nitrogens with zero attached hydrogens (tertiary/aromatic N) is 2. The first-order chi connectivity index (χ1) is 15.8. The van der Waals surface area contributed by atoms with E-state index in [1.54, 1.807) is 0 Å². The van der Waals surface area contributed by atoms with E-state index in [0.29, 0.717) is 12.1 Å². The predicted molar refractivity (Wildman–Crippen MR) is 128 cm³/mol. The van der Waals surface area contributed by atoms with Gasteiger partial charge in [-0.15, -0.1) is 0 Å². The second-order valence-electron chi connectivity index (χ2n) is 10.2. The average molecular weight is 433 g/mol. The fraction of sp³-hybridized carbons (Fsp3) is 0.615. The van der Waals surface area contributed by atoms with E-state index in [1.165, 1.54) is 86.7 Å². The van der Waals surface area contributed by atoms with Crippen LogP contribution in [0.25, 0.3) is 11.1 Å². The number of nitrogens with one attached hydrogen (secondary N) is 4. The number of hydrogen-bond acceptors (Lipinski definition) is 4. The van der Waals surface area contributed by atoms with Crippen molar-refractivity contribution >= 4 is 11.1 Å². The third-order valence-corrected chi connectivity index (χ3v) is 8.23. The van der Waals surface area contributed by atoms with E-state index in [0.717, 1.165) is 36.6 Å². The van der Waals surface area contributed by atoms with E-state index >= 15 is 0 Å². The number of hydrogen-bond donors (Lipinski definition) is 4. The van der Waals surface area contributed by atoms with Crippen molar-refractivity contribution in [3.63, 3.8) is 0 Å². The molecule has 0 saturated carbocycles. The largest absolute Gasteiger partial charge is 0.341 e. The van der Waals surface area contributed by atoms with Gasteiger partial charge in [0, 0.05) is 0 Å². The molecule has 2 aliphatic carbocycles. The molecule has 0 radical (unpaired) electrons. The highest BCUT2D eigenvalue weighted by Gasteiger charge is 2.28. The Morgan fingerprint density at radius 1 is 0.656 bits per heavy atom. The summed E-state index contributed by atoms with van der Waals surface area (Å²) in [4.78, 5) is 16.5. The van der Waals surface area contributed by atoms with Gasteiger partial charge >= 0.3 is 0 Å². The molecule has 170 valence electrons. The van der Waals surface area contributed by atoms with Crippen LogP contribution < -0.4 is 10.6 Å². The van der Waals surface area contributed by atoms with Crippen LogP contribution in [0.3, 0.4) is 0 Å². The van der Waals surface area contributed by atoms with Gasteiger partial charge in [0.05, 0.1) is 35.9 Å². The zero-order chi connectivity index (χ0) is 21.3. The Bertz CT molecular complexity index is 905. The Morgan fingerprint density at radius 2 is 1.16 bits per heavy atom. The molecule has 2 unspecified atom stereocenters. The van der Waals surface area contributed by atoms with Crippen LogP contribution in [0.1, 0.15) is 99.3 Å². The summed E-state index contributed by atoms with van der Waals surface area (Å²) in [5.74, 6) is 3.87. The van der Waals surface area contributed by atoms with Crippen LogP contribution in [0, 0.1) is 11.8 Å². The van der Waals surface area contributed by atoms with Crippen LogP contribution in [0.15, 0.2) is 24.5 Å². The molecule has 2 saturated heterocycles. The predicted octanol–water partition coefficient (Wildman–Crippen LogP) is 5.05. The molecule has 6 rings (SSSR count). The molecule has 2 aromatic rings. The first kappa shape index (κ1) is 20.4. The highest BCUT2D eigenvalue weighted by Crippen LogP contribution is 2.41. The zero-order valence-corrected chi connectivity index (χ0v) is 19.0. The molecule has 0 aromatic carbocycles. The highest BCUT2D eigenvalue weighted by molar-refractivity contribution is 5.64. The maximum Gasteiger partial charge on any atom is 0.123 e. The van der Waals surface area contributed by atoms with E-state index in [1.807, 2.05) is 0 Å². The molecule has 4 aliphatic rings. The number of allylic oxidation sites excluding steroid dienone is 4. The summed E-state index contributed by atoms with van der Waals surface area (Å²) < 4.78 is 0. The van der Waals surface area contributed by atoms with Crippen molar-refractivity contribution in [3.8, 4) is 0 Å². The number of aromatic amines is 2. The van der Waals surface area contributed by atoms with Gasteiger partial charge in [0.25, 0.3) is 0 Å². The summed E-state index contributed by atoms with van der Waals surface area (Å²) >= 11 is 0. The van der Waals surface area contributed by atoms with Gasteiger partial charge in [-0.1, -0.05) is 12.2 Å². The summed E-state index contributed by atoms with van der Waals surface area (Å²) in [6.45, 7) is 2.23. The number of aromatic nitrogens is 4. The maximum absolute atomic E-state index is 4.67. The van der Waals surface area contributed by atoms with Gasteiger partial charge in [-0.25, -0.2) is 9.97 Å². The van der Waals surface area contributed by atoms with E-state index in [2.05, 4.69) is 55.1 Å². The summed E-state index contributed by atoms with van der Waals surface area (Å²) in [5, 5.41) is 7.08. The van der Waals surface area contributed by atoms with Gasteiger partial charge in [-0.3, -0.25) is 0 Å². The highest BCUT2D eigenvalue weighted by atomic mass is 15.0. The molecule has 6 heteroatoms. The standard InChI is InChI=1S/C26H36N6/c1-3-21(27-13-1)25-29-15-23(31-25)19-9-5-17(6-10-19)18-7-11-20(12-8-18)24-16-30-26(32-24)22-4-2-14-28-22/h9,11,15-18,21-22,27-28H,1-8,10,12-14H2,(H,29,31)(H,30,32)/t17?,18?,21-,22-/m0/s1. The molecule has 2 aromatic heterocycles.